The van der Waals surface area contributed by atoms with Crippen molar-refractivity contribution in [2.75, 3.05) is 19.0 Å². The van der Waals surface area contributed by atoms with E-state index in [0.29, 0.717) is 19.6 Å². The van der Waals surface area contributed by atoms with Gasteiger partial charge in [0, 0.05) is 0 Å². The summed E-state index contributed by atoms with van der Waals surface area (Å²) < 4.78 is 42.7. The smallest absolute Gasteiger partial charge is 0.264 e. The van der Waals surface area contributed by atoms with Crippen LogP contribution in [0.1, 0.15) is 77.0 Å². The van der Waals surface area contributed by atoms with Gasteiger partial charge in [0.1, 0.15) is 11.5 Å². The molecule has 194 valence electrons. The van der Waals surface area contributed by atoms with Crippen LogP contribution in [0.15, 0.2) is 61.2 Å². The zero-order chi connectivity index (χ0) is 25.2. The van der Waals surface area contributed by atoms with Crippen molar-refractivity contribution >= 4 is 10.1 Å². The Morgan fingerprint density at radius 2 is 1.20 bits per heavy atom. The quantitative estimate of drug-likeness (QED) is 0.113. The largest absolute Gasteiger partial charge is 0.493 e. The predicted octanol–water partition coefficient (Wildman–Crippen LogP) is 7.87. The van der Waals surface area contributed by atoms with Crippen LogP contribution in [-0.2, 0) is 10.1 Å². The van der Waals surface area contributed by atoms with Crippen LogP contribution >= 0.6 is 0 Å². The van der Waals surface area contributed by atoms with Gasteiger partial charge in [-0.15, -0.1) is 6.58 Å². The van der Waals surface area contributed by atoms with Crippen LogP contribution in [0, 0.1) is 0 Å². The summed E-state index contributed by atoms with van der Waals surface area (Å²) in [7, 11) is -3.83. The average Bonchev–Trinajstić information content (AvgIpc) is 2.84. The van der Waals surface area contributed by atoms with Gasteiger partial charge in [0.05, 0.1) is 24.5 Å². The summed E-state index contributed by atoms with van der Waals surface area (Å²) in [5, 5.41) is 0. The summed E-state index contributed by atoms with van der Waals surface area (Å²) in [6.07, 6.45) is 14.3. The van der Waals surface area contributed by atoms with Crippen molar-refractivity contribution in [3.05, 3.63) is 61.2 Å². The lowest BCUT2D eigenvalue weighted by Crippen LogP contribution is -2.03. The Bertz CT molecular complexity index is 941. The standard InChI is InChI=1S/C29H42O5S/c1-2-3-4-5-6-9-15-23-33-27-21-18-22-28(29(27)26-19-13-12-14-20-26)34-24-16-10-7-8-11-17-25-35(30,31)32/h2,12-14,18-22H,1,3-11,15-17,23-25H2,(H,30,31,32). The normalized spacial score (nSPS) is 11.3. The van der Waals surface area contributed by atoms with E-state index >= 15 is 0 Å². The van der Waals surface area contributed by atoms with E-state index < -0.39 is 10.1 Å². The molecule has 0 aliphatic carbocycles. The van der Waals surface area contributed by atoms with E-state index in [9.17, 15) is 8.42 Å². The Morgan fingerprint density at radius 1 is 0.686 bits per heavy atom. The maximum atomic E-state index is 10.8. The summed E-state index contributed by atoms with van der Waals surface area (Å²) in [4.78, 5) is 0. The third-order valence-electron chi connectivity index (χ3n) is 5.91. The highest BCUT2D eigenvalue weighted by Crippen LogP contribution is 2.38. The Hall–Kier alpha value is -2.31. The predicted molar refractivity (Wildman–Crippen MR) is 145 cm³/mol. The first-order chi connectivity index (χ1) is 17.0. The molecule has 35 heavy (non-hydrogen) atoms. The fourth-order valence-electron chi connectivity index (χ4n) is 4.02. The molecule has 2 aromatic carbocycles. The van der Waals surface area contributed by atoms with E-state index in [1.165, 1.54) is 25.7 Å². The highest BCUT2D eigenvalue weighted by Gasteiger charge is 2.13. The van der Waals surface area contributed by atoms with Crippen molar-refractivity contribution in [2.45, 2.75) is 77.0 Å². The molecule has 0 unspecified atom stereocenters. The van der Waals surface area contributed by atoms with Gasteiger partial charge >= 0.3 is 0 Å². The first kappa shape index (κ1) is 28.9. The minimum Gasteiger partial charge on any atom is -0.493 e. The molecule has 0 bridgehead atoms. The Balaban J connectivity index is 1.81. The summed E-state index contributed by atoms with van der Waals surface area (Å²) in [5.41, 5.74) is 2.09. The molecule has 0 spiro atoms. The number of allylic oxidation sites excluding steroid dienone is 1. The molecular formula is C29H42O5S. The number of rotatable bonds is 20. The lowest BCUT2D eigenvalue weighted by Gasteiger charge is -2.17. The molecule has 0 heterocycles. The maximum absolute atomic E-state index is 10.8. The van der Waals surface area contributed by atoms with Crippen molar-refractivity contribution in [1.82, 2.24) is 0 Å². The van der Waals surface area contributed by atoms with Gasteiger partial charge in [-0.05, 0) is 49.8 Å². The average molecular weight is 503 g/mol. The molecule has 6 heteroatoms. The van der Waals surface area contributed by atoms with Gasteiger partial charge in [-0.2, -0.15) is 8.42 Å². The second-order valence-electron chi connectivity index (χ2n) is 8.94. The zero-order valence-electron chi connectivity index (χ0n) is 21.0. The van der Waals surface area contributed by atoms with Gasteiger partial charge in [0.15, 0.2) is 0 Å². The van der Waals surface area contributed by atoms with Gasteiger partial charge < -0.3 is 9.47 Å². The molecule has 1 N–H and O–H groups in total. The molecule has 0 aliphatic rings. The molecule has 0 fully saturated rings. The Morgan fingerprint density at radius 3 is 1.74 bits per heavy atom. The molecule has 0 atom stereocenters. The molecule has 0 saturated heterocycles. The maximum Gasteiger partial charge on any atom is 0.264 e. The first-order valence-electron chi connectivity index (χ1n) is 13.0. The molecule has 2 rings (SSSR count). The highest BCUT2D eigenvalue weighted by atomic mass is 32.2. The van der Waals surface area contributed by atoms with Crippen molar-refractivity contribution in [2.24, 2.45) is 0 Å². The van der Waals surface area contributed by atoms with Crippen LogP contribution in [0.4, 0.5) is 0 Å². The van der Waals surface area contributed by atoms with Crippen molar-refractivity contribution in [1.29, 1.82) is 0 Å². The Labute approximate surface area is 212 Å². The van der Waals surface area contributed by atoms with Crippen LogP contribution in [0.5, 0.6) is 11.5 Å². The highest BCUT2D eigenvalue weighted by molar-refractivity contribution is 7.85. The lowest BCUT2D eigenvalue weighted by molar-refractivity contribution is 0.292. The minimum absolute atomic E-state index is 0.146. The molecule has 2 aromatic rings. The summed E-state index contributed by atoms with van der Waals surface area (Å²) >= 11 is 0. The number of hydrogen-bond acceptors (Lipinski definition) is 4. The topological polar surface area (TPSA) is 72.8 Å². The molecule has 0 saturated carbocycles. The van der Waals surface area contributed by atoms with Crippen molar-refractivity contribution < 1.29 is 22.4 Å². The van der Waals surface area contributed by atoms with Crippen LogP contribution in [-0.4, -0.2) is 31.9 Å². The third kappa shape index (κ3) is 12.8. The minimum atomic E-state index is -3.83. The molecule has 0 aromatic heterocycles. The first-order valence-corrected chi connectivity index (χ1v) is 14.6. The SMILES string of the molecule is C=CCCCCCCCOc1cccc(OCCCCCCCCS(=O)(=O)O)c1-c1ccccc1. The van der Waals surface area contributed by atoms with E-state index in [4.69, 9.17) is 14.0 Å². The van der Waals surface area contributed by atoms with E-state index in [-0.39, 0.29) is 5.75 Å². The monoisotopic (exact) mass is 502 g/mol. The van der Waals surface area contributed by atoms with Crippen LogP contribution in [0.3, 0.4) is 0 Å². The van der Waals surface area contributed by atoms with E-state index in [1.807, 2.05) is 42.5 Å². The van der Waals surface area contributed by atoms with Crippen LogP contribution in [0.2, 0.25) is 0 Å². The number of benzene rings is 2. The van der Waals surface area contributed by atoms with E-state index in [2.05, 4.69) is 18.7 Å². The van der Waals surface area contributed by atoms with Crippen LogP contribution < -0.4 is 9.47 Å². The zero-order valence-corrected chi connectivity index (χ0v) is 21.8. The van der Waals surface area contributed by atoms with Crippen molar-refractivity contribution in [3.8, 4) is 22.6 Å². The van der Waals surface area contributed by atoms with E-state index in [0.717, 1.165) is 67.6 Å². The molecule has 0 amide bonds. The molecular weight excluding hydrogens is 460 g/mol. The molecule has 0 radical (unpaired) electrons. The fraction of sp³-hybridized carbons (Fsp3) is 0.517. The number of unbranched alkanes of at least 4 members (excludes halogenated alkanes) is 10. The van der Waals surface area contributed by atoms with Gasteiger partial charge in [-0.1, -0.05) is 87.4 Å². The summed E-state index contributed by atoms with van der Waals surface area (Å²) in [6, 6.07) is 16.2. The molecule has 0 aliphatic heterocycles. The van der Waals surface area contributed by atoms with Gasteiger partial charge in [0.2, 0.25) is 0 Å². The number of hydrogen-bond donors (Lipinski definition) is 1. The van der Waals surface area contributed by atoms with Gasteiger partial charge in [0.25, 0.3) is 10.1 Å². The van der Waals surface area contributed by atoms with Crippen LogP contribution in [0.25, 0.3) is 11.1 Å². The second-order valence-corrected chi connectivity index (χ2v) is 10.5. The van der Waals surface area contributed by atoms with E-state index in [1.54, 1.807) is 0 Å². The van der Waals surface area contributed by atoms with Crippen molar-refractivity contribution in [3.63, 3.8) is 0 Å². The number of ether oxygens (including phenoxy) is 2. The summed E-state index contributed by atoms with van der Waals surface area (Å²) in [5.74, 6) is 1.55. The second kappa shape index (κ2) is 17.2. The molecule has 5 nitrogen and oxygen atoms in total. The lowest BCUT2D eigenvalue weighted by atomic mass is 10.0. The Kier molecular flexibility index (Phi) is 14.2. The summed E-state index contributed by atoms with van der Waals surface area (Å²) in [6.45, 7) is 5.10. The van der Waals surface area contributed by atoms with Gasteiger partial charge in [-0.3, -0.25) is 4.55 Å². The fourth-order valence-corrected chi connectivity index (χ4v) is 4.59. The third-order valence-corrected chi connectivity index (χ3v) is 6.72. The van der Waals surface area contributed by atoms with Gasteiger partial charge in [-0.25, -0.2) is 0 Å².